The highest BCUT2D eigenvalue weighted by atomic mass is 16.5. The number of carbonyl (C=O) groups excluding carboxylic acids is 3. The van der Waals surface area contributed by atoms with Crippen LogP contribution in [0.2, 0.25) is 0 Å². The standard InChI is InChI=1S/C27H27N3O4/c1-3-19-9-13-21(14-10-19)28-25(31)17-24-26(32)30(22-7-5-4-6-8-22)27(33)29(24)18-20-11-15-23(34-2)16-12-20/h4-16,24H,3,17-18H2,1-2H3,(H,28,31). The molecule has 0 saturated carbocycles. The summed E-state index contributed by atoms with van der Waals surface area (Å²) in [5.41, 5.74) is 3.13. The van der Waals surface area contributed by atoms with Gasteiger partial charge >= 0.3 is 6.03 Å². The summed E-state index contributed by atoms with van der Waals surface area (Å²) in [5, 5.41) is 2.85. The first-order valence-electron chi connectivity index (χ1n) is 11.2. The minimum absolute atomic E-state index is 0.139. The average molecular weight is 458 g/mol. The fourth-order valence-corrected chi connectivity index (χ4v) is 3.97. The Morgan fingerprint density at radius 3 is 2.18 bits per heavy atom. The van der Waals surface area contributed by atoms with Gasteiger partial charge in [-0.3, -0.25) is 9.59 Å². The number of nitrogens with one attached hydrogen (secondary N) is 1. The van der Waals surface area contributed by atoms with Gasteiger partial charge < -0.3 is 15.0 Å². The number of anilines is 2. The van der Waals surface area contributed by atoms with E-state index in [-0.39, 0.29) is 18.9 Å². The van der Waals surface area contributed by atoms with Crippen LogP contribution in [-0.4, -0.2) is 35.9 Å². The largest absolute Gasteiger partial charge is 0.497 e. The van der Waals surface area contributed by atoms with Crippen molar-refractivity contribution in [2.75, 3.05) is 17.3 Å². The molecule has 1 saturated heterocycles. The average Bonchev–Trinajstić information content (AvgIpc) is 3.09. The molecule has 1 aliphatic rings. The number of benzene rings is 3. The highest BCUT2D eigenvalue weighted by Crippen LogP contribution is 2.29. The van der Waals surface area contributed by atoms with E-state index in [1.54, 1.807) is 43.5 Å². The van der Waals surface area contributed by atoms with Gasteiger partial charge in [0, 0.05) is 12.2 Å². The first kappa shape index (κ1) is 23.0. The van der Waals surface area contributed by atoms with Crippen molar-refractivity contribution in [1.82, 2.24) is 4.90 Å². The Morgan fingerprint density at radius 2 is 1.56 bits per heavy atom. The van der Waals surface area contributed by atoms with Crippen LogP contribution < -0.4 is 15.0 Å². The van der Waals surface area contributed by atoms with E-state index in [4.69, 9.17) is 4.74 Å². The summed E-state index contributed by atoms with van der Waals surface area (Å²) < 4.78 is 5.20. The number of hydrogen-bond donors (Lipinski definition) is 1. The normalized spacial score (nSPS) is 15.5. The van der Waals surface area contributed by atoms with Crippen molar-refractivity contribution in [2.24, 2.45) is 0 Å². The fourth-order valence-electron chi connectivity index (χ4n) is 3.97. The van der Waals surface area contributed by atoms with Crippen molar-refractivity contribution < 1.29 is 19.1 Å². The molecule has 1 unspecified atom stereocenters. The number of rotatable bonds is 8. The van der Waals surface area contributed by atoms with Crippen molar-refractivity contribution >= 4 is 29.2 Å². The van der Waals surface area contributed by atoms with Crippen LogP contribution in [-0.2, 0) is 22.6 Å². The van der Waals surface area contributed by atoms with Gasteiger partial charge in [-0.15, -0.1) is 0 Å². The molecule has 1 atom stereocenters. The van der Waals surface area contributed by atoms with E-state index in [1.807, 2.05) is 42.5 Å². The third-order valence-corrected chi connectivity index (χ3v) is 5.87. The summed E-state index contributed by atoms with van der Waals surface area (Å²) in [7, 11) is 1.58. The Kier molecular flexibility index (Phi) is 6.92. The Morgan fingerprint density at radius 1 is 0.912 bits per heavy atom. The van der Waals surface area contributed by atoms with Crippen molar-refractivity contribution in [2.45, 2.75) is 32.4 Å². The summed E-state index contributed by atoms with van der Waals surface area (Å²) in [5.74, 6) is -0.0465. The number of urea groups is 1. The fraction of sp³-hybridized carbons (Fsp3) is 0.222. The Hall–Kier alpha value is -4.13. The quantitative estimate of drug-likeness (QED) is 0.501. The zero-order valence-electron chi connectivity index (χ0n) is 19.2. The lowest BCUT2D eigenvalue weighted by molar-refractivity contribution is -0.124. The van der Waals surface area contributed by atoms with Crippen LogP contribution in [0.25, 0.3) is 0 Å². The van der Waals surface area contributed by atoms with Crippen LogP contribution in [0.3, 0.4) is 0 Å². The molecule has 0 radical (unpaired) electrons. The second kappa shape index (κ2) is 10.2. The van der Waals surface area contributed by atoms with E-state index in [0.29, 0.717) is 17.1 Å². The van der Waals surface area contributed by atoms with Crippen LogP contribution in [0, 0.1) is 0 Å². The summed E-state index contributed by atoms with van der Waals surface area (Å²) >= 11 is 0. The highest BCUT2D eigenvalue weighted by molar-refractivity contribution is 6.22. The van der Waals surface area contributed by atoms with Crippen molar-refractivity contribution in [1.29, 1.82) is 0 Å². The van der Waals surface area contributed by atoms with Gasteiger partial charge in [-0.2, -0.15) is 0 Å². The number of methoxy groups -OCH3 is 1. The zero-order valence-corrected chi connectivity index (χ0v) is 19.2. The summed E-state index contributed by atoms with van der Waals surface area (Å²) in [6, 6.07) is 22.3. The number of nitrogens with zero attached hydrogens (tertiary/aromatic N) is 2. The molecule has 0 aromatic heterocycles. The van der Waals surface area contributed by atoms with Crippen molar-refractivity contribution in [3.05, 3.63) is 90.0 Å². The third kappa shape index (κ3) is 4.93. The molecule has 4 rings (SSSR count). The smallest absolute Gasteiger partial charge is 0.332 e. The molecule has 3 aromatic carbocycles. The summed E-state index contributed by atoms with van der Waals surface area (Å²) in [4.78, 5) is 42.2. The maximum atomic E-state index is 13.4. The minimum Gasteiger partial charge on any atom is -0.497 e. The molecule has 0 bridgehead atoms. The maximum Gasteiger partial charge on any atom is 0.332 e. The van der Waals surface area contributed by atoms with Gasteiger partial charge in [0.2, 0.25) is 5.91 Å². The van der Waals surface area contributed by atoms with Crippen LogP contribution in [0.5, 0.6) is 5.75 Å². The van der Waals surface area contributed by atoms with E-state index in [9.17, 15) is 14.4 Å². The number of imide groups is 1. The van der Waals surface area contributed by atoms with Crippen LogP contribution in [0.4, 0.5) is 16.2 Å². The molecule has 1 heterocycles. The van der Waals surface area contributed by atoms with E-state index in [0.717, 1.165) is 16.9 Å². The number of ether oxygens (including phenoxy) is 1. The van der Waals surface area contributed by atoms with E-state index >= 15 is 0 Å². The molecule has 3 aromatic rings. The minimum atomic E-state index is -0.912. The number of carbonyl (C=O) groups is 3. The molecule has 7 nitrogen and oxygen atoms in total. The highest BCUT2D eigenvalue weighted by Gasteiger charge is 2.46. The molecule has 34 heavy (non-hydrogen) atoms. The predicted octanol–water partition coefficient (Wildman–Crippen LogP) is 4.62. The van der Waals surface area contributed by atoms with Gasteiger partial charge in [-0.05, 0) is 53.9 Å². The maximum absolute atomic E-state index is 13.4. The van der Waals surface area contributed by atoms with Gasteiger partial charge in [0.15, 0.2) is 0 Å². The topological polar surface area (TPSA) is 79.0 Å². The first-order valence-corrected chi connectivity index (χ1v) is 11.2. The lowest BCUT2D eigenvalue weighted by atomic mass is 10.1. The molecule has 1 aliphatic heterocycles. The van der Waals surface area contributed by atoms with E-state index < -0.39 is 18.0 Å². The van der Waals surface area contributed by atoms with E-state index in [1.165, 1.54) is 10.5 Å². The Labute approximate surface area is 198 Å². The molecule has 0 aliphatic carbocycles. The van der Waals surface area contributed by atoms with Crippen LogP contribution in [0.1, 0.15) is 24.5 Å². The summed E-state index contributed by atoms with van der Waals surface area (Å²) in [6.45, 7) is 2.26. The number of para-hydroxylation sites is 1. The second-order valence-electron chi connectivity index (χ2n) is 8.09. The first-order chi connectivity index (χ1) is 16.5. The lowest BCUT2D eigenvalue weighted by Gasteiger charge is -2.22. The molecular weight excluding hydrogens is 430 g/mol. The number of hydrogen-bond acceptors (Lipinski definition) is 4. The van der Waals surface area contributed by atoms with E-state index in [2.05, 4.69) is 12.2 Å². The van der Waals surface area contributed by atoms with Gasteiger partial charge in [-0.1, -0.05) is 49.4 Å². The molecule has 1 fully saturated rings. The molecule has 1 N–H and O–H groups in total. The molecule has 174 valence electrons. The monoisotopic (exact) mass is 457 g/mol. The Bertz CT molecular complexity index is 1160. The second-order valence-corrected chi connectivity index (χ2v) is 8.09. The molecule has 4 amide bonds. The van der Waals surface area contributed by atoms with Gasteiger partial charge in [0.05, 0.1) is 19.2 Å². The van der Waals surface area contributed by atoms with Crippen molar-refractivity contribution in [3.8, 4) is 5.75 Å². The summed E-state index contributed by atoms with van der Waals surface area (Å²) in [6.07, 6.45) is 0.766. The van der Waals surface area contributed by atoms with Gasteiger partial charge in [-0.25, -0.2) is 9.69 Å². The van der Waals surface area contributed by atoms with Crippen LogP contribution >= 0.6 is 0 Å². The number of amides is 4. The molecular formula is C27H27N3O4. The Balaban J connectivity index is 1.56. The third-order valence-electron chi connectivity index (χ3n) is 5.87. The molecule has 0 spiro atoms. The van der Waals surface area contributed by atoms with Gasteiger partial charge in [0.1, 0.15) is 11.8 Å². The van der Waals surface area contributed by atoms with Crippen molar-refractivity contribution in [3.63, 3.8) is 0 Å². The number of aryl methyl sites for hydroxylation is 1. The van der Waals surface area contributed by atoms with Crippen LogP contribution in [0.15, 0.2) is 78.9 Å². The van der Waals surface area contributed by atoms with Gasteiger partial charge in [0.25, 0.3) is 5.91 Å². The predicted molar refractivity (Wildman–Crippen MR) is 131 cm³/mol. The zero-order chi connectivity index (χ0) is 24.1. The lowest BCUT2D eigenvalue weighted by Crippen LogP contribution is -2.37. The molecule has 7 heteroatoms. The SMILES string of the molecule is CCc1ccc(NC(=O)CC2C(=O)N(c3ccccc3)C(=O)N2Cc2ccc(OC)cc2)cc1.